The Bertz CT molecular complexity index is 954. The molecule has 0 aliphatic carbocycles. The van der Waals surface area contributed by atoms with Gasteiger partial charge in [-0.15, -0.1) is 11.3 Å². The summed E-state index contributed by atoms with van der Waals surface area (Å²) in [5, 5.41) is 4.12. The molecular formula is C23H18Br2ClPS. The molecule has 0 radical (unpaired) electrons. The van der Waals surface area contributed by atoms with E-state index >= 15 is 0 Å². The molecule has 0 fully saturated rings. The summed E-state index contributed by atoms with van der Waals surface area (Å²) in [5.74, 6) is 0. The van der Waals surface area contributed by atoms with Crippen LogP contribution in [0.1, 0.15) is 4.88 Å². The van der Waals surface area contributed by atoms with Crippen LogP contribution in [0, 0.1) is 6.92 Å². The maximum absolute atomic E-state index is 3.92. The zero-order valence-corrected chi connectivity index (χ0v) is 20.8. The van der Waals surface area contributed by atoms with Crippen LogP contribution >= 0.6 is 50.5 Å². The van der Waals surface area contributed by atoms with Crippen LogP contribution in [0.5, 0.6) is 0 Å². The van der Waals surface area contributed by atoms with Crippen LogP contribution in [0.25, 0.3) is 0 Å². The van der Waals surface area contributed by atoms with Crippen LogP contribution in [-0.4, -0.2) is 0 Å². The van der Waals surface area contributed by atoms with E-state index in [0.29, 0.717) is 0 Å². The predicted molar refractivity (Wildman–Crippen MR) is 129 cm³/mol. The van der Waals surface area contributed by atoms with E-state index in [1.54, 1.807) is 0 Å². The van der Waals surface area contributed by atoms with Crippen molar-refractivity contribution in [3.63, 3.8) is 0 Å². The van der Waals surface area contributed by atoms with Gasteiger partial charge in [-0.1, -0.05) is 54.6 Å². The standard InChI is InChI=1S/C23H18Br2PS.ClH/c1-17-21(24)22(25)23(27-17)26(18-11-5-2-6-12-18,19-13-7-3-8-14-19)20-15-9-4-10-16-20;/h2-16H,1H3;1H/q+1;/p-1. The van der Waals surface area contributed by atoms with Crippen molar-refractivity contribution < 1.29 is 12.4 Å². The first-order chi connectivity index (χ1) is 13.2. The summed E-state index contributed by atoms with van der Waals surface area (Å²) in [4.78, 5) is 1.30. The third kappa shape index (κ3) is 3.64. The summed E-state index contributed by atoms with van der Waals surface area (Å²) in [6.07, 6.45) is 0. The van der Waals surface area contributed by atoms with Crippen molar-refractivity contribution in [1.29, 1.82) is 0 Å². The molecule has 0 spiro atoms. The van der Waals surface area contributed by atoms with Crippen LogP contribution in [0.3, 0.4) is 0 Å². The number of hydrogen-bond acceptors (Lipinski definition) is 1. The molecule has 4 rings (SSSR count). The Morgan fingerprint density at radius 3 is 1.25 bits per heavy atom. The van der Waals surface area contributed by atoms with Crippen LogP contribution < -0.4 is 32.9 Å². The Morgan fingerprint density at radius 2 is 0.964 bits per heavy atom. The van der Waals surface area contributed by atoms with E-state index in [4.69, 9.17) is 0 Å². The van der Waals surface area contributed by atoms with Gasteiger partial charge < -0.3 is 12.4 Å². The summed E-state index contributed by atoms with van der Waals surface area (Å²) in [7, 11) is -2.01. The minimum absolute atomic E-state index is 0. The summed E-state index contributed by atoms with van der Waals surface area (Å²) in [6, 6.07) is 32.9. The van der Waals surface area contributed by atoms with Crippen LogP contribution in [0.4, 0.5) is 0 Å². The van der Waals surface area contributed by atoms with E-state index in [1.165, 1.54) is 29.9 Å². The fourth-order valence-electron chi connectivity index (χ4n) is 3.45. The zero-order valence-electron chi connectivity index (χ0n) is 15.1. The highest BCUT2D eigenvalue weighted by molar-refractivity contribution is 9.13. The van der Waals surface area contributed by atoms with Gasteiger partial charge in [-0.25, -0.2) is 0 Å². The molecule has 28 heavy (non-hydrogen) atoms. The fourth-order valence-corrected chi connectivity index (χ4v) is 12.1. The van der Waals surface area contributed by atoms with Crippen molar-refractivity contribution in [2.45, 2.75) is 6.92 Å². The molecule has 5 heteroatoms. The Morgan fingerprint density at radius 1 is 0.607 bits per heavy atom. The summed E-state index contributed by atoms with van der Waals surface area (Å²) in [6.45, 7) is 2.18. The Hall–Kier alpha value is -0.960. The molecule has 0 atom stereocenters. The highest BCUT2D eigenvalue weighted by Crippen LogP contribution is 2.58. The van der Waals surface area contributed by atoms with Crippen molar-refractivity contribution in [1.82, 2.24) is 0 Å². The average Bonchev–Trinajstić information content (AvgIpc) is 2.99. The molecule has 0 nitrogen and oxygen atoms in total. The molecule has 0 bridgehead atoms. The van der Waals surface area contributed by atoms with Gasteiger partial charge in [-0.3, -0.25) is 0 Å². The molecular weight excluding hydrogens is 535 g/mol. The van der Waals surface area contributed by atoms with Gasteiger partial charge in [-0.2, -0.15) is 0 Å². The molecule has 0 aliphatic rings. The molecule has 142 valence electrons. The zero-order chi connectivity index (χ0) is 18.9. The van der Waals surface area contributed by atoms with Gasteiger partial charge in [0, 0.05) is 9.35 Å². The molecule has 1 heterocycles. The lowest BCUT2D eigenvalue weighted by molar-refractivity contribution is -0.00000489. The van der Waals surface area contributed by atoms with Gasteiger partial charge in [-0.05, 0) is 75.2 Å². The fraction of sp³-hybridized carbons (Fsp3) is 0.0435. The van der Waals surface area contributed by atoms with E-state index in [9.17, 15) is 0 Å². The number of aryl methyl sites for hydroxylation is 1. The second-order valence-electron chi connectivity index (χ2n) is 6.27. The van der Waals surface area contributed by atoms with Gasteiger partial charge in [0.2, 0.25) is 0 Å². The molecule has 0 aliphatic heterocycles. The van der Waals surface area contributed by atoms with Gasteiger partial charge in [0.25, 0.3) is 0 Å². The molecule has 0 saturated carbocycles. The van der Waals surface area contributed by atoms with E-state index < -0.39 is 7.26 Å². The van der Waals surface area contributed by atoms with Crippen molar-refractivity contribution >= 4 is 71.0 Å². The molecule has 0 unspecified atom stereocenters. The molecule has 4 aromatic rings. The van der Waals surface area contributed by atoms with E-state index in [0.717, 1.165) is 4.47 Å². The molecule has 0 saturated heterocycles. The summed E-state index contributed by atoms with van der Waals surface area (Å²) in [5.41, 5.74) is 0. The third-order valence-corrected chi connectivity index (χ3v) is 13.9. The predicted octanol–water partition coefficient (Wildman–Crippen LogP) is 3.20. The van der Waals surface area contributed by atoms with Gasteiger partial charge in [0.15, 0.2) is 11.9 Å². The minimum atomic E-state index is -2.01. The monoisotopic (exact) mass is 550 g/mol. The first-order valence-electron chi connectivity index (χ1n) is 8.66. The highest BCUT2D eigenvalue weighted by atomic mass is 79.9. The Kier molecular flexibility index (Phi) is 7.17. The number of thiophene rings is 1. The van der Waals surface area contributed by atoms with Gasteiger partial charge in [0.1, 0.15) is 15.9 Å². The quantitative estimate of drug-likeness (QED) is 0.341. The Balaban J connectivity index is 0.00000225. The third-order valence-electron chi connectivity index (χ3n) is 4.67. The van der Waals surface area contributed by atoms with Crippen LogP contribution in [0.2, 0.25) is 0 Å². The van der Waals surface area contributed by atoms with E-state index in [2.05, 4.69) is 130 Å². The topological polar surface area (TPSA) is 0 Å². The van der Waals surface area contributed by atoms with Crippen LogP contribution in [-0.2, 0) is 0 Å². The van der Waals surface area contributed by atoms with Crippen molar-refractivity contribution in [2.75, 3.05) is 0 Å². The first kappa shape index (κ1) is 21.7. The second kappa shape index (κ2) is 9.24. The minimum Gasteiger partial charge on any atom is -1.00 e. The number of rotatable bonds is 4. The lowest BCUT2D eigenvalue weighted by Crippen LogP contribution is -3.00. The van der Waals surface area contributed by atoms with Gasteiger partial charge >= 0.3 is 0 Å². The lowest BCUT2D eigenvalue weighted by atomic mass is 10.4. The van der Waals surface area contributed by atoms with Crippen molar-refractivity contribution in [3.8, 4) is 0 Å². The summed E-state index contributed by atoms with van der Waals surface area (Å²) >= 11 is 9.60. The average molecular weight is 553 g/mol. The smallest absolute Gasteiger partial charge is 0.177 e. The molecule has 1 aromatic heterocycles. The molecule has 0 N–H and O–H groups in total. The number of benzene rings is 3. The van der Waals surface area contributed by atoms with Crippen LogP contribution in [0.15, 0.2) is 99.9 Å². The maximum atomic E-state index is 3.92. The highest BCUT2D eigenvalue weighted by Gasteiger charge is 2.51. The maximum Gasteiger partial charge on any atom is 0.177 e. The normalized spacial score (nSPS) is 11.1. The van der Waals surface area contributed by atoms with Crippen molar-refractivity contribution in [2.24, 2.45) is 0 Å². The first-order valence-corrected chi connectivity index (χ1v) is 12.9. The van der Waals surface area contributed by atoms with E-state index in [1.807, 2.05) is 11.3 Å². The molecule has 3 aromatic carbocycles. The Labute approximate surface area is 194 Å². The SMILES string of the molecule is Cc1sc([P+](c2ccccc2)(c2ccccc2)c2ccccc2)c(Br)c1Br.[Cl-]. The van der Waals surface area contributed by atoms with Crippen molar-refractivity contribution in [3.05, 3.63) is 105 Å². The lowest BCUT2D eigenvalue weighted by Gasteiger charge is -2.26. The van der Waals surface area contributed by atoms with E-state index in [-0.39, 0.29) is 12.4 Å². The summed E-state index contributed by atoms with van der Waals surface area (Å²) < 4.78 is 3.74. The number of hydrogen-bond donors (Lipinski definition) is 0. The number of halogens is 3. The van der Waals surface area contributed by atoms with Gasteiger partial charge in [0.05, 0.1) is 4.47 Å². The second-order valence-corrected chi connectivity index (χ2v) is 12.7. The largest absolute Gasteiger partial charge is 1.00 e. The molecule has 0 amide bonds.